The van der Waals surface area contributed by atoms with E-state index in [1.165, 1.54) is 5.56 Å². The predicted molar refractivity (Wildman–Crippen MR) is 88.4 cm³/mol. The molecule has 0 aliphatic rings. The molecule has 1 heterocycles. The standard InChI is InChI=1S/C18H26N2O/c1-4-6-8-16-17(9-7-5-2)19-20(18(16)21)15-12-10-14(3)11-13-15/h10-13,19H,4-9H2,1-3H3. The lowest BCUT2D eigenvalue weighted by Crippen LogP contribution is -2.17. The van der Waals surface area contributed by atoms with E-state index in [9.17, 15) is 4.79 Å². The lowest BCUT2D eigenvalue weighted by Gasteiger charge is -2.02. The molecule has 21 heavy (non-hydrogen) atoms. The Balaban J connectivity index is 2.39. The van der Waals surface area contributed by atoms with Crippen molar-refractivity contribution in [2.75, 3.05) is 0 Å². The molecule has 3 nitrogen and oxygen atoms in total. The number of aromatic nitrogens is 2. The van der Waals surface area contributed by atoms with E-state index in [-0.39, 0.29) is 5.56 Å². The van der Waals surface area contributed by atoms with E-state index in [1.807, 2.05) is 24.3 Å². The fraction of sp³-hybridized carbons (Fsp3) is 0.500. The molecular formula is C18H26N2O. The van der Waals surface area contributed by atoms with Gasteiger partial charge in [0.25, 0.3) is 5.56 Å². The monoisotopic (exact) mass is 286 g/mol. The Hall–Kier alpha value is -1.77. The third kappa shape index (κ3) is 3.66. The van der Waals surface area contributed by atoms with Gasteiger partial charge in [0.15, 0.2) is 0 Å². The van der Waals surface area contributed by atoms with Gasteiger partial charge in [0.1, 0.15) is 0 Å². The summed E-state index contributed by atoms with van der Waals surface area (Å²) in [5, 5.41) is 3.33. The van der Waals surface area contributed by atoms with E-state index >= 15 is 0 Å². The van der Waals surface area contributed by atoms with Crippen LogP contribution in [0.5, 0.6) is 0 Å². The van der Waals surface area contributed by atoms with Crippen LogP contribution in [0.1, 0.15) is 56.4 Å². The molecule has 0 radical (unpaired) electrons. The number of aryl methyl sites for hydroxylation is 2. The van der Waals surface area contributed by atoms with Crippen LogP contribution >= 0.6 is 0 Å². The maximum absolute atomic E-state index is 12.7. The van der Waals surface area contributed by atoms with Crippen LogP contribution in [-0.2, 0) is 12.8 Å². The summed E-state index contributed by atoms with van der Waals surface area (Å²) >= 11 is 0. The Bertz CT molecular complexity index is 620. The van der Waals surface area contributed by atoms with Gasteiger partial charge >= 0.3 is 0 Å². The molecule has 0 bridgehead atoms. The fourth-order valence-corrected chi connectivity index (χ4v) is 2.56. The van der Waals surface area contributed by atoms with E-state index in [2.05, 4.69) is 25.9 Å². The number of aromatic amines is 1. The van der Waals surface area contributed by atoms with Crippen molar-refractivity contribution in [1.82, 2.24) is 9.78 Å². The minimum absolute atomic E-state index is 0.124. The molecule has 1 aromatic carbocycles. The zero-order valence-electron chi connectivity index (χ0n) is 13.4. The van der Waals surface area contributed by atoms with Crippen LogP contribution in [-0.4, -0.2) is 9.78 Å². The molecule has 2 rings (SSSR count). The molecule has 1 N–H and O–H groups in total. The quantitative estimate of drug-likeness (QED) is 0.815. The third-order valence-electron chi connectivity index (χ3n) is 3.93. The minimum Gasteiger partial charge on any atom is -0.295 e. The second-order valence-corrected chi connectivity index (χ2v) is 5.75. The molecule has 0 saturated heterocycles. The summed E-state index contributed by atoms with van der Waals surface area (Å²) in [6.07, 6.45) is 6.29. The number of rotatable bonds is 7. The normalized spacial score (nSPS) is 11.0. The molecule has 0 aliphatic heterocycles. The number of H-pyrrole nitrogens is 1. The Kier molecular flexibility index (Phi) is 5.43. The van der Waals surface area contributed by atoms with Crippen molar-refractivity contribution >= 4 is 0 Å². The van der Waals surface area contributed by atoms with Crippen molar-refractivity contribution < 1.29 is 0 Å². The summed E-state index contributed by atoms with van der Waals surface area (Å²) in [7, 11) is 0. The van der Waals surface area contributed by atoms with Gasteiger partial charge in [0, 0.05) is 11.3 Å². The summed E-state index contributed by atoms with van der Waals surface area (Å²) in [6.45, 7) is 6.40. The van der Waals surface area contributed by atoms with E-state index in [1.54, 1.807) is 4.68 Å². The second kappa shape index (κ2) is 7.30. The summed E-state index contributed by atoms with van der Waals surface area (Å²) in [5.41, 5.74) is 4.35. The van der Waals surface area contributed by atoms with Gasteiger partial charge in [0.05, 0.1) is 5.69 Å². The Morgan fingerprint density at radius 1 is 1.00 bits per heavy atom. The number of nitrogens with one attached hydrogen (secondary N) is 1. The highest BCUT2D eigenvalue weighted by atomic mass is 16.1. The average Bonchev–Trinajstić information content (AvgIpc) is 2.80. The van der Waals surface area contributed by atoms with Crippen LogP contribution < -0.4 is 5.56 Å². The van der Waals surface area contributed by atoms with Crippen LogP contribution in [0, 0.1) is 6.92 Å². The maximum atomic E-state index is 12.7. The maximum Gasteiger partial charge on any atom is 0.274 e. The minimum atomic E-state index is 0.124. The second-order valence-electron chi connectivity index (χ2n) is 5.75. The predicted octanol–water partition coefficient (Wildman–Crippen LogP) is 4.16. The van der Waals surface area contributed by atoms with Gasteiger partial charge in [-0.05, 0) is 44.7 Å². The van der Waals surface area contributed by atoms with E-state index in [0.717, 1.165) is 55.5 Å². The van der Waals surface area contributed by atoms with Crippen LogP contribution in [0.2, 0.25) is 0 Å². The van der Waals surface area contributed by atoms with Crippen molar-refractivity contribution in [3.8, 4) is 5.69 Å². The highest BCUT2D eigenvalue weighted by Crippen LogP contribution is 2.13. The van der Waals surface area contributed by atoms with Crippen molar-refractivity contribution in [2.24, 2.45) is 0 Å². The van der Waals surface area contributed by atoms with Gasteiger partial charge in [-0.25, -0.2) is 4.68 Å². The van der Waals surface area contributed by atoms with Crippen molar-refractivity contribution in [1.29, 1.82) is 0 Å². The number of benzene rings is 1. The first kappa shape index (κ1) is 15.6. The van der Waals surface area contributed by atoms with Gasteiger partial charge in [-0.1, -0.05) is 44.4 Å². The van der Waals surface area contributed by atoms with Crippen LogP contribution in [0.25, 0.3) is 5.69 Å². The third-order valence-corrected chi connectivity index (χ3v) is 3.93. The fourth-order valence-electron chi connectivity index (χ4n) is 2.56. The topological polar surface area (TPSA) is 37.8 Å². The molecule has 0 spiro atoms. The summed E-state index contributed by atoms with van der Waals surface area (Å²) in [4.78, 5) is 12.7. The molecular weight excluding hydrogens is 260 g/mol. The van der Waals surface area contributed by atoms with Gasteiger partial charge < -0.3 is 0 Å². The van der Waals surface area contributed by atoms with Crippen molar-refractivity contribution in [2.45, 2.75) is 59.3 Å². The smallest absolute Gasteiger partial charge is 0.274 e. The first-order chi connectivity index (χ1) is 10.2. The van der Waals surface area contributed by atoms with E-state index in [0.29, 0.717) is 0 Å². The highest BCUT2D eigenvalue weighted by Gasteiger charge is 2.14. The molecule has 3 heteroatoms. The number of nitrogens with zero attached hydrogens (tertiary/aromatic N) is 1. The van der Waals surface area contributed by atoms with E-state index in [4.69, 9.17) is 0 Å². The van der Waals surface area contributed by atoms with Crippen LogP contribution in [0.4, 0.5) is 0 Å². The zero-order valence-corrected chi connectivity index (χ0v) is 13.4. The van der Waals surface area contributed by atoms with E-state index < -0.39 is 0 Å². The first-order valence-corrected chi connectivity index (χ1v) is 8.07. The molecule has 0 unspecified atom stereocenters. The van der Waals surface area contributed by atoms with Gasteiger partial charge in [-0.15, -0.1) is 0 Å². The molecule has 0 aliphatic carbocycles. The molecule has 0 amide bonds. The molecule has 0 atom stereocenters. The lowest BCUT2D eigenvalue weighted by atomic mass is 10.1. The molecule has 2 aromatic rings. The Labute approximate surface area is 127 Å². The van der Waals surface area contributed by atoms with Crippen molar-refractivity contribution in [3.05, 3.63) is 51.4 Å². The number of unbranched alkanes of at least 4 members (excludes halogenated alkanes) is 2. The Morgan fingerprint density at radius 2 is 1.62 bits per heavy atom. The first-order valence-electron chi connectivity index (χ1n) is 8.07. The zero-order chi connectivity index (χ0) is 15.2. The number of hydrogen-bond donors (Lipinski definition) is 1. The largest absolute Gasteiger partial charge is 0.295 e. The molecule has 1 aromatic heterocycles. The SMILES string of the molecule is CCCCc1[nH]n(-c2ccc(C)cc2)c(=O)c1CCCC. The molecule has 0 saturated carbocycles. The van der Waals surface area contributed by atoms with Crippen LogP contribution in [0.15, 0.2) is 29.1 Å². The molecule has 114 valence electrons. The molecule has 0 fully saturated rings. The van der Waals surface area contributed by atoms with Crippen LogP contribution in [0.3, 0.4) is 0 Å². The Morgan fingerprint density at radius 3 is 2.24 bits per heavy atom. The summed E-state index contributed by atoms with van der Waals surface area (Å²) in [5.74, 6) is 0. The van der Waals surface area contributed by atoms with Gasteiger partial charge in [0.2, 0.25) is 0 Å². The number of hydrogen-bond acceptors (Lipinski definition) is 1. The lowest BCUT2D eigenvalue weighted by molar-refractivity contribution is 0.737. The average molecular weight is 286 g/mol. The van der Waals surface area contributed by atoms with Gasteiger partial charge in [-0.2, -0.15) is 0 Å². The summed E-state index contributed by atoms with van der Waals surface area (Å²) < 4.78 is 1.70. The van der Waals surface area contributed by atoms with Gasteiger partial charge in [-0.3, -0.25) is 9.89 Å². The van der Waals surface area contributed by atoms with Crippen molar-refractivity contribution in [3.63, 3.8) is 0 Å². The summed E-state index contributed by atoms with van der Waals surface area (Å²) in [6, 6.07) is 8.08. The highest BCUT2D eigenvalue weighted by molar-refractivity contribution is 5.35.